The van der Waals surface area contributed by atoms with Crippen LogP contribution in [0.2, 0.25) is 0 Å². The molecule has 1 aromatic heterocycles. The third-order valence-electron chi connectivity index (χ3n) is 4.54. The molecule has 0 fully saturated rings. The number of guanidine groups is 1. The van der Waals surface area contributed by atoms with Crippen LogP contribution in [0.25, 0.3) is 0 Å². The number of rotatable bonds is 7. The second kappa shape index (κ2) is 10.6. The molecule has 1 heterocycles. The van der Waals surface area contributed by atoms with E-state index in [-0.39, 0.29) is 12.1 Å². The van der Waals surface area contributed by atoms with E-state index >= 15 is 0 Å². The molecule has 0 aliphatic heterocycles. The number of nitrogens with one attached hydrogen (secondary N) is 2. The Balaban J connectivity index is 1.51. The number of halogens is 4. The molecule has 0 radical (unpaired) electrons. The van der Waals surface area contributed by atoms with E-state index < -0.39 is 17.6 Å². The number of nitrogens with zero attached hydrogens (tertiary/aromatic N) is 2. The van der Waals surface area contributed by atoms with Gasteiger partial charge in [-0.3, -0.25) is 9.98 Å². The van der Waals surface area contributed by atoms with Crippen molar-refractivity contribution in [2.75, 3.05) is 7.05 Å². The van der Waals surface area contributed by atoms with Gasteiger partial charge >= 0.3 is 6.18 Å². The number of ether oxygens (including phenoxy) is 1. The molecule has 5 nitrogen and oxygen atoms in total. The van der Waals surface area contributed by atoms with E-state index in [9.17, 15) is 17.6 Å². The summed E-state index contributed by atoms with van der Waals surface area (Å²) in [5.74, 6) is 0.0758. The minimum Gasteiger partial charge on any atom is -0.487 e. The average molecular weight is 446 g/mol. The Bertz CT molecular complexity index is 1040. The summed E-state index contributed by atoms with van der Waals surface area (Å²) in [5, 5.41) is 5.86. The van der Waals surface area contributed by atoms with Crippen LogP contribution in [0, 0.1) is 5.82 Å². The lowest BCUT2D eigenvalue weighted by Crippen LogP contribution is -2.36. The number of pyridine rings is 1. The lowest BCUT2D eigenvalue weighted by Gasteiger charge is -2.16. The van der Waals surface area contributed by atoms with Crippen molar-refractivity contribution in [3.63, 3.8) is 0 Å². The van der Waals surface area contributed by atoms with E-state index in [1.165, 1.54) is 7.05 Å². The van der Waals surface area contributed by atoms with E-state index in [0.717, 1.165) is 23.4 Å². The van der Waals surface area contributed by atoms with Crippen LogP contribution in [-0.2, 0) is 25.9 Å². The molecule has 0 bridgehead atoms. The van der Waals surface area contributed by atoms with Gasteiger partial charge in [0.2, 0.25) is 0 Å². The fraction of sp³-hybridized carbons (Fsp3) is 0.217. The first-order valence-corrected chi connectivity index (χ1v) is 9.77. The van der Waals surface area contributed by atoms with Gasteiger partial charge in [0.15, 0.2) is 5.96 Å². The average Bonchev–Trinajstić information content (AvgIpc) is 2.79. The SMILES string of the molecule is CN=C(NCc1ccc(OCc2ccccn2)cc1)NCc1ccc(F)cc1C(F)(F)F. The predicted molar refractivity (Wildman–Crippen MR) is 113 cm³/mol. The summed E-state index contributed by atoms with van der Waals surface area (Å²) in [6.07, 6.45) is -2.94. The fourth-order valence-corrected chi connectivity index (χ4v) is 2.90. The third-order valence-corrected chi connectivity index (χ3v) is 4.54. The number of aliphatic imine (C=N–C) groups is 1. The van der Waals surface area contributed by atoms with Crippen molar-refractivity contribution in [2.45, 2.75) is 25.9 Å². The zero-order valence-electron chi connectivity index (χ0n) is 17.3. The van der Waals surface area contributed by atoms with E-state index in [1.807, 2.05) is 42.5 Å². The quantitative estimate of drug-likeness (QED) is 0.314. The molecule has 0 unspecified atom stereocenters. The van der Waals surface area contributed by atoms with Crippen molar-refractivity contribution < 1.29 is 22.3 Å². The molecule has 3 aromatic rings. The molecule has 9 heteroatoms. The van der Waals surface area contributed by atoms with Gasteiger partial charge in [0.1, 0.15) is 18.2 Å². The summed E-state index contributed by atoms with van der Waals surface area (Å²) >= 11 is 0. The van der Waals surface area contributed by atoms with Gasteiger partial charge < -0.3 is 15.4 Å². The Kier molecular flexibility index (Phi) is 7.64. The monoisotopic (exact) mass is 446 g/mol. The first-order chi connectivity index (χ1) is 15.3. The second-order valence-corrected chi connectivity index (χ2v) is 6.83. The second-order valence-electron chi connectivity index (χ2n) is 6.83. The first kappa shape index (κ1) is 23.1. The molecule has 0 saturated carbocycles. The smallest absolute Gasteiger partial charge is 0.416 e. The molecule has 0 amide bonds. The molecule has 0 aliphatic carbocycles. The van der Waals surface area contributed by atoms with Crippen LogP contribution in [-0.4, -0.2) is 18.0 Å². The van der Waals surface area contributed by atoms with E-state index in [4.69, 9.17) is 4.74 Å². The largest absolute Gasteiger partial charge is 0.487 e. The van der Waals surface area contributed by atoms with Crippen molar-refractivity contribution in [2.24, 2.45) is 4.99 Å². The van der Waals surface area contributed by atoms with Crippen LogP contribution in [0.4, 0.5) is 17.6 Å². The number of alkyl halides is 3. The van der Waals surface area contributed by atoms with Gasteiger partial charge in [0, 0.05) is 26.3 Å². The lowest BCUT2D eigenvalue weighted by molar-refractivity contribution is -0.138. The Hall–Kier alpha value is -3.62. The summed E-state index contributed by atoms with van der Waals surface area (Å²) in [7, 11) is 1.51. The van der Waals surface area contributed by atoms with Crippen molar-refractivity contribution in [3.05, 3.63) is 95.1 Å². The molecular formula is C23H22F4N4O. The highest BCUT2D eigenvalue weighted by Crippen LogP contribution is 2.32. The zero-order chi connectivity index (χ0) is 23.0. The van der Waals surface area contributed by atoms with E-state index in [0.29, 0.717) is 30.9 Å². The first-order valence-electron chi connectivity index (χ1n) is 9.77. The maximum absolute atomic E-state index is 13.2. The van der Waals surface area contributed by atoms with Crippen molar-refractivity contribution in [1.82, 2.24) is 15.6 Å². The molecule has 0 spiro atoms. The molecular weight excluding hydrogens is 424 g/mol. The van der Waals surface area contributed by atoms with Crippen molar-refractivity contribution in [3.8, 4) is 5.75 Å². The van der Waals surface area contributed by atoms with Gasteiger partial charge in [-0.05, 0) is 47.5 Å². The summed E-state index contributed by atoms with van der Waals surface area (Å²) in [4.78, 5) is 8.21. The molecule has 0 atom stereocenters. The van der Waals surface area contributed by atoms with Crippen LogP contribution in [0.3, 0.4) is 0 Å². The molecule has 2 aromatic carbocycles. The molecule has 3 rings (SSSR count). The van der Waals surface area contributed by atoms with E-state index in [1.54, 1.807) is 6.20 Å². The van der Waals surface area contributed by atoms with Crippen LogP contribution in [0.5, 0.6) is 5.75 Å². The van der Waals surface area contributed by atoms with Crippen LogP contribution in [0.15, 0.2) is 71.9 Å². The number of hydrogen-bond acceptors (Lipinski definition) is 3. The Morgan fingerprint density at radius 1 is 1.00 bits per heavy atom. The van der Waals surface area contributed by atoms with Gasteiger partial charge in [-0.15, -0.1) is 0 Å². The molecule has 0 saturated heterocycles. The molecule has 32 heavy (non-hydrogen) atoms. The minimum atomic E-state index is -4.64. The normalized spacial score (nSPS) is 11.8. The Morgan fingerprint density at radius 2 is 1.75 bits per heavy atom. The van der Waals surface area contributed by atoms with Crippen molar-refractivity contribution >= 4 is 5.96 Å². The topological polar surface area (TPSA) is 58.5 Å². The van der Waals surface area contributed by atoms with Gasteiger partial charge in [-0.1, -0.05) is 24.3 Å². The zero-order valence-corrected chi connectivity index (χ0v) is 17.3. The minimum absolute atomic E-state index is 0.0729. The number of aromatic nitrogens is 1. The van der Waals surface area contributed by atoms with Crippen LogP contribution < -0.4 is 15.4 Å². The third kappa shape index (κ3) is 6.69. The van der Waals surface area contributed by atoms with Crippen molar-refractivity contribution in [1.29, 1.82) is 0 Å². The lowest BCUT2D eigenvalue weighted by atomic mass is 10.1. The van der Waals surface area contributed by atoms with Gasteiger partial charge in [-0.2, -0.15) is 13.2 Å². The summed E-state index contributed by atoms with van der Waals surface area (Å²) < 4.78 is 58.3. The Morgan fingerprint density at radius 3 is 2.41 bits per heavy atom. The predicted octanol–water partition coefficient (Wildman–Crippen LogP) is 4.68. The highest BCUT2D eigenvalue weighted by molar-refractivity contribution is 5.79. The van der Waals surface area contributed by atoms with Crippen LogP contribution >= 0.6 is 0 Å². The summed E-state index contributed by atoms with van der Waals surface area (Å²) in [6.45, 7) is 0.600. The van der Waals surface area contributed by atoms with Gasteiger partial charge in [0.25, 0.3) is 0 Å². The summed E-state index contributed by atoms with van der Waals surface area (Å²) in [5.41, 5.74) is 0.664. The van der Waals surface area contributed by atoms with E-state index in [2.05, 4.69) is 20.6 Å². The molecule has 2 N–H and O–H groups in total. The maximum Gasteiger partial charge on any atom is 0.416 e. The Labute approximate surface area is 183 Å². The summed E-state index contributed by atoms with van der Waals surface area (Å²) in [6, 6.07) is 15.6. The standard InChI is InChI=1S/C23H22F4N4O/c1-28-22(31-14-17-7-8-18(24)12-21(17)23(25,26)27)30-13-16-5-9-20(10-6-16)32-15-19-4-2-3-11-29-19/h2-12H,13-15H2,1H3,(H2,28,30,31). The number of benzene rings is 2. The van der Waals surface area contributed by atoms with Crippen LogP contribution in [0.1, 0.15) is 22.4 Å². The maximum atomic E-state index is 13.2. The highest BCUT2D eigenvalue weighted by atomic mass is 19.4. The highest BCUT2D eigenvalue weighted by Gasteiger charge is 2.33. The molecule has 0 aliphatic rings. The number of hydrogen-bond donors (Lipinski definition) is 2. The fourth-order valence-electron chi connectivity index (χ4n) is 2.90. The molecule has 168 valence electrons. The van der Waals surface area contributed by atoms with Gasteiger partial charge in [-0.25, -0.2) is 4.39 Å². The van der Waals surface area contributed by atoms with Gasteiger partial charge in [0.05, 0.1) is 11.3 Å².